The maximum atomic E-state index is 13.2. The first-order chi connectivity index (χ1) is 13.0. The van der Waals surface area contributed by atoms with Crippen LogP contribution in [0.25, 0.3) is 0 Å². The minimum atomic E-state index is -3.84. The van der Waals surface area contributed by atoms with Crippen molar-refractivity contribution in [2.24, 2.45) is 0 Å². The molecule has 0 radical (unpaired) electrons. The van der Waals surface area contributed by atoms with E-state index in [0.717, 1.165) is 31.2 Å². The molecule has 1 N–H and O–H groups in total. The zero-order chi connectivity index (χ0) is 19.0. The second-order valence-corrected chi connectivity index (χ2v) is 9.29. The molecule has 1 aliphatic heterocycles. The van der Waals surface area contributed by atoms with Crippen molar-refractivity contribution in [3.63, 3.8) is 0 Å². The van der Waals surface area contributed by atoms with Gasteiger partial charge < -0.3 is 5.32 Å². The van der Waals surface area contributed by atoms with Gasteiger partial charge in [0.05, 0.1) is 10.7 Å². The van der Waals surface area contributed by atoms with Crippen molar-refractivity contribution in [2.75, 3.05) is 10.8 Å². The SMILES string of the molecule is O=C(NC1CCCC1)c1ccc(Cl)c(S(=O)(=O)N2CCc3ccccc32)c1. The number of rotatable bonds is 4. The normalized spacial score (nSPS) is 17.1. The van der Waals surface area contributed by atoms with Gasteiger partial charge in [-0.05, 0) is 49.1 Å². The smallest absolute Gasteiger partial charge is 0.265 e. The molecule has 0 atom stereocenters. The van der Waals surface area contributed by atoms with Crippen LogP contribution >= 0.6 is 11.6 Å². The average molecular weight is 405 g/mol. The third-order valence-electron chi connectivity index (χ3n) is 5.30. The van der Waals surface area contributed by atoms with E-state index in [4.69, 9.17) is 11.6 Å². The van der Waals surface area contributed by atoms with Gasteiger partial charge in [0.2, 0.25) is 0 Å². The van der Waals surface area contributed by atoms with Crippen LogP contribution in [0.2, 0.25) is 5.02 Å². The van der Waals surface area contributed by atoms with Crippen LogP contribution in [0.3, 0.4) is 0 Å². The number of hydrogen-bond donors (Lipinski definition) is 1. The van der Waals surface area contributed by atoms with Crippen molar-refractivity contribution in [3.8, 4) is 0 Å². The monoisotopic (exact) mass is 404 g/mol. The quantitative estimate of drug-likeness (QED) is 0.843. The Kier molecular flexibility index (Phi) is 4.86. The third kappa shape index (κ3) is 3.44. The minimum Gasteiger partial charge on any atom is -0.349 e. The summed E-state index contributed by atoms with van der Waals surface area (Å²) >= 11 is 6.22. The van der Waals surface area contributed by atoms with Gasteiger partial charge in [-0.25, -0.2) is 8.42 Å². The Morgan fingerprint density at radius 3 is 2.63 bits per heavy atom. The van der Waals surface area contributed by atoms with Gasteiger partial charge in [-0.3, -0.25) is 9.10 Å². The fourth-order valence-corrected chi connectivity index (χ4v) is 5.86. The van der Waals surface area contributed by atoms with Crippen molar-refractivity contribution in [2.45, 2.75) is 43.0 Å². The van der Waals surface area contributed by atoms with E-state index in [9.17, 15) is 13.2 Å². The average Bonchev–Trinajstić information content (AvgIpc) is 3.31. The number of nitrogens with one attached hydrogen (secondary N) is 1. The van der Waals surface area contributed by atoms with Gasteiger partial charge in [0.25, 0.3) is 15.9 Å². The lowest BCUT2D eigenvalue weighted by Gasteiger charge is -2.21. The summed E-state index contributed by atoms with van der Waals surface area (Å²) in [4.78, 5) is 12.5. The van der Waals surface area contributed by atoms with E-state index >= 15 is 0 Å². The van der Waals surface area contributed by atoms with Crippen LogP contribution in [0.15, 0.2) is 47.4 Å². The van der Waals surface area contributed by atoms with Crippen molar-refractivity contribution in [1.29, 1.82) is 0 Å². The first-order valence-corrected chi connectivity index (χ1v) is 11.0. The van der Waals surface area contributed by atoms with Gasteiger partial charge >= 0.3 is 0 Å². The number of carbonyl (C=O) groups is 1. The molecule has 1 amide bonds. The summed E-state index contributed by atoms with van der Waals surface area (Å²) in [6.07, 6.45) is 4.82. The van der Waals surface area contributed by atoms with Gasteiger partial charge in [-0.15, -0.1) is 0 Å². The van der Waals surface area contributed by atoms with Gasteiger partial charge in [-0.1, -0.05) is 42.6 Å². The summed E-state index contributed by atoms with van der Waals surface area (Å²) < 4.78 is 27.9. The third-order valence-corrected chi connectivity index (χ3v) is 7.59. The van der Waals surface area contributed by atoms with Crippen LogP contribution < -0.4 is 9.62 Å². The molecule has 2 aromatic rings. The van der Waals surface area contributed by atoms with E-state index in [1.807, 2.05) is 18.2 Å². The molecular weight excluding hydrogens is 384 g/mol. The Hall–Kier alpha value is -2.05. The Bertz CT molecular complexity index is 984. The predicted molar refractivity (Wildman–Crippen MR) is 106 cm³/mol. The van der Waals surface area contributed by atoms with Crippen LogP contribution in [0.4, 0.5) is 5.69 Å². The van der Waals surface area contributed by atoms with Crippen molar-refractivity contribution in [1.82, 2.24) is 5.32 Å². The number of sulfonamides is 1. The highest BCUT2D eigenvalue weighted by Gasteiger charge is 2.32. The van der Waals surface area contributed by atoms with Gasteiger partial charge in [0.15, 0.2) is 0 Å². The zero-order valence-electron chi connectivity index (χ0n) is 14.8. The summed E-state index contributed by atoms with van der Waals surface area (Å²) in [6, 6.07) is 12.1. The maximum absolute atomic E-state index is 13.2. The summed E-state index contributed by atoms with van der Waals surface area (Å²) in [5.74, 6) is -0.253. The molecule has 0 bridgehead atoms. The first-order valence-electron chi connectivity index (χ1n) is 9.18. The van der Waals surface area contributed by atoms with E-state index in [0.29, 0.717) is 24.2 Å². The second kappa shape index (κ2) is 7.17. The van der Waals surface area contributed by atoms with E-state index in [-0.39, 0.29) is 21.9 Å². The molecule has 1 saturated carbocycles. The Morgan fingerprint density at radius 1 is 1.11 bits per heavy atom. The standard InChI is InChI=1S/C20H21ClN2O3S/c21-17-10-9-15(20(24)22-16-6-2-3-7-16)13-19(17)27(25,26)23-12-11-14-5-1-4-8-18(14)23/h1,4-5,8-10,13,16H,2-3,6-7,11-12H2,(H,22,24). The fraction of sp³-hybridized carbons (Fsp3) is 0.350. The summed E-state index contributed by atoms with van der Waals surface area (Å²) in [5, 5.41) is 3.11. The number of para-hydroxylation sites is 1. The molecular formula is C20H21ClN2O3S. The van der Waals surface area contributed by atoms with Crippen LogP contribution in [0.5, 0.6) is 0 Å². The Balaban J connectivity index is 1.66. The highest BCUT2D eigenvalue weighted by Crippen LogP contribution is 2.35. The molecule has 1 fully saturated rings. The summed E-state index contributed by atoms with van der Waals surface area (Å²) in [5.41, 5.74) is 1.99. The first kappa shape index (κ1) is 18.3. The highest BCUT2D eigenvalue weighted by molar-refractivity contribution is 7.93. The number of amides is 1. The van der Waals surface area contributed by atoms with Gasteiger partial charge in [0.1, 0.15) is 4.90 Å². The number of carbonyl (C=O) groups excluding carboxylic acids is 1. The second-order valence-electron chi connectivity index (χ2n) is 7.06. The number of halogens is 1. The molecule has 142 valence electrons. The van der Waals surface area contributed by atoms with Crippen molar-refractivity contribution in [3.05, 3.63) is 58.6 Å². The number of hydrogen-bond acceptors (Lipinski definition) is 3. The molecule has 0 spiro atoms. The van der Waals surface area contributed by atoms with Crippen LogP contribution in [-0.4, -0.2) is 26.9 Å². The molecule has 0 saturated heterocycles. The van der Waals surface area contributed by atoms with Crippen LogP contribution in [0.1, 0.15) is 41.6 Å². The zero-order valence-corrected chi connectivity index (χ0v) is 16.4. The molecule has 7 heteroatoms. The van der Waals surface area contributed by atoms with E-state index in [2.05, 4.69) is 5.32 Å². The van der Waals surface area contributed by atoms with Crippen LogP contribution in [0, 0.1) is 0 Å². The van der Waals surface area contributed by atoms with Crippen LogP contribution in [-0.2, 0) is 16.4 Å². The highest BCUT2D eigenvalue weighted by atomic mass is 35.5. The van der Waals surface area contributed by atoms with Gasteiger partial charge in [0, 0.05) is 18.2 Å². The molecule has 0 aromatic heterocycles. The molecule has 4 rings (SSSR count). The maximum Gasteiger partial charge on any atom is 0.265 e. The fourth-order valence-electron chi connectivity index (χ4n) is 3.86. The van der Waals surface area contributed by atoms with Gasteiger partial charge in [-0.2, -0.15) is 0 Å². The number of nitrogens with zero attached hydrogens (tertiary/aromatic N) is 1. The molecule has 0 unspecified atom stereocenters. The molecule has 2 aromatic carbocycles. The topological polar surface area (TPSA) is 66.5 Å². The lowest BCUT2D eigenvalue weighted by atomic mass is 10.2. The lowest BCUT2D eigenvalue weighted by Crippen LogP contribution is -2.33. The van der Waals surface area contributed by atoms with Crippen molar-refractivity contribution < 1.29 is 13.2 Å². The molecule has 1 heterocycles. The minimum absolute atomic E-state index is 0.0278. The molecule has 5 nitrogen and oxygen atoms in total. The number of benzene rings is 2. The van der Waals surface area contributed by atoms with E-state index in [1.54, 1.807) is 12.1 Å². The number of fused-ring (bicyclic) bond motifs is 1. The summed E-state index contributed by atoms with van der Waals surface area (Å²) in [6.45, 7) is 0.372. The number of anilines is 1. The molecule has 2 aliphatic rings. The summed E-state index contributed by atoms with van der Waals surface area (Å²) in [7, 11) is -3.84. The molecule has 1 aliphatic carbocycles. The molecule has 27 heavy (non-hydrogen) atoms. The van der Waals surface area contributed by atoms with E-state index in [1.165, 1.54) is 16.4 Å². The lowest BCUT2D eigenvalue weighted by molar-refractivity contribution is 0.0937. The largest absolute Gasteiger partial charge is 0.349 e. The Morgan fingerprint density at radius 2 is 1.85 bits per heavy atom. The Labute approximate surface area is 164 Å². The predicted octanol–water partition coefficient (Wildman–Crippen LogP) is 3.76. The van der Waals surface area contributed by atoms with Crippen molar-refractivity contribution >= 4 is 33.2 Å². The van der Waals surface area contributed by atoms with E-state index < -0.39 is 10.0 Å².